The molecule has 0 radical (unpaired) electrons. The number of nitrogens with one attached hydrogen (secondary N) is 1. The Bertz CT molecular complexity index is 755. The summed E-state index contributed by atoms with van der Waals surface area (Å²) < 4.78 is 5.36. The Kier molecular flexibility index (Phi) is 5.97. The molecule has 0 saturated carbocycles. The van der Waals surface area contributed by atoms with Gasteiger partial charge in [-0.25, -0.2) is 4.79 Å². The quantitative estimate of drug-likeness (QED) is 0.844. The van der Waals surface area contributed by atoms with Gasteiger partial charge in [-0.2, -0.15) is 0 Å². The van der Waals surface area contributed by atoms with Gasteiger partial charge in [0, 0.05) is 6.54 Å². The Labute approximate surface area is 149 Å². The molecule has 0 fully saturated rings. The molecule has 2 aromatic rings. The molecule has 0 aromatic heterocycles. The number of carbonyl (C=O) groups excluding carboxylic acids is 2. The van der Waals surface area contributed by atoms with E-state index >= 15 is 0 Å². The van der Waals surface area contributed by atoms with Crippen LogP contribution in [-0.2, 0) is 16.1 Å². The topological polar surface area (TPSA) is 55.4 Å². The number of esters is 1. The van der Waals surface area contributed by atoms with Gasteiger partial charge in [-0.3, -0.25) is 4.79 Å². The number of hydrogen-bond acceptors (Lipinski definition) is 3. The van der Waals surface area contributed by atoms with E-state index in [1.165, 1.54) is 5.56 Å². The minimum absolute atomic E-state index is 0.309. The summed E-state index contributed by atoms with van der Waals surface area (Å²) in [6.07, 6.45) is -0.849. The Balaban J connectivity index is 1.96. The van der Waals surface area contributed by atoms with Crippen LogP contribution >= 0.6 is 0 Å². The molecule has 0 aliphatic rings. The Morgan fingerprint density at radius 2 is 1.52 bits per heavy atom. The molecule has 2 rings (SSSR count). The maximum Gasteiger partial charge on any atom is 0.339 e. The number of hydrogen-bond donors (Lipinski definition) is 1. The van der Waals surface area contributed by atoms with Gasteiger partial charge in [0.1, 0.15) is 0 Å². The molecule has 0 aliphatic heterocycles. The zero-order chi connectivity index (χ0) is 18.6. The average molecular weight is 339 g/mol. The molecule has 4 heteroatoms. The van der Waals surface area contributed by atoms with Gasteiger partial charge < -0.3 is 10.1 Å². The van der Waals surface area contributed by atoms with Crippen LogP contribution in [0.3, 0.4) is 0 Å². The van der Waals surface area contributed by atoms with Gasteiger partial charge in [0.25, 0.3) is 5.91 Å². The van der Waals surface area contributed by atoms with Crippen LogP contribution < -0.4 is 5.32 Å². The Morgan fingerprint density at radius 3 is 2.08 bits per heavy atom. The Morgan fingerprint density at radius 1 is 0.960 bits per heavy atom. The minimum Gasteiger partial charge on any atom is -0.449 e. The maximum atomic E-state index is 12.4. The Hall–Kier alpha value is -2.62. The lowest BCUT2D eigenvalue weighted by molar-refractivity contribution is -0.129. The first-order chi connectivity index (χ1) is 11.8. The summed E-state index contributed by atoms with van der Waals surface area (Å²) in [7, 11) is 0. The fourth-order valence-corrected chi connectivity index (χ4v) is 2.81. The van der Waals surface area contributed by atoms with E-state index < -0.39 is 12.1 Å². The van der Waals surface area contributed by atoms with Gasteiger partial charge in [0.2, 0.25) is 0 Å². The molecule has 25 heavy (non-hydrogen) atoms. The van der Waals surface area contributed by atoms with E-state index in [0.29, 0.717) is 12.1 Å². The molecule has 1 unspecified atom stereocenters. The van der Waals surface area contributed by atoms with E-state index in [4.69, 9.17) is 4.74 Å². The molecular weight excluding hydrogens is 314 g/mol. The van der Waals surface area contributed by atoms with Crippen molar-refractivity contribution in [1.29, 1.82) is 0 Å². The van der Waals surface area contributed by atoms with Crippen molar-refractivity contribution in [2.45, 2.75) is 47.3 Å². The first kappa shape index (κ1) is 18.7. The molecule has 132 valence electrons. The normalized spacial score (nSPS) is 11.7. The summed E-state index contributed by atoms with van der Waals surface area (Å²) in [6, 6.07) is 11.8. The van der Waals surface area contributed by atoms with Crippen molar-refractivity contribution >= 4 is 11.9 Å². The molecule has 2 aromatic carbocycles. The van der Waals surface area contributed by atoms with Crippen LogP contribution in [0.25, 0.3) is 0 Å². The van der Waals surface area contributed by atoms with Crippen LogP contribution in [0.2, 0.25) is 0 Å². The number of benzene rings is 2. The van der Waals surface area contributed by atoms with Crippen molar-refractivity contribution in [1.82, 2.24) is 5.32 Å². The van der Waals surface area contributed by atoms with Gasteiger partial charge in [0.15, 0.2) is 6.10 Å². The zero-order valence-electron chi connectivity index (χ0n) is 15.5. The molecule has 4 nitrogen and oxygen atoms in total. The van der Waals surface area contributed by atoms with Crippen LogP contribution in [-0.4, -0.2) is 18.0 Å². The summed E-state index contributed by atoms with van der Waals surface area (Å²) in [5, 5.41) is 2.80. The summed E-state index contributed by atoms with van der Waals surface area (Å²) >= 11 is 0. The number of amides is 1. The molecule has 0 aliphatic carbocycles. The lowest BCUT2D eigenvalue weighted by Gasteiger charge is -2.16. The van der Waals surface area contributed by atoms with Gasteiger partial charge in [-0.1, -0.05) is 47.5 Å². The first-order valence-electron chi connectivity index (χ1n) is 8.40. The van der Waals surface area contributed by atoms with Gasteiger partial charge in [-0.15, -0.1) is 0 Å². The number of aryl methyl sites for hydroxylation is 4. The van der Waals surface area contributed by atoms with E-state index in [1.807, 2.05) is 64.1 Å². The summed E-state index contributed by atoms with van der Waals surface area (Å²) in [4.78, 5) is 24.6. The van der Waals surface area contributed by atoms with Crippen molar-refractivity contribution < 1.29 is 14.3 Å². The monoisotopic (exact) mass is 339 g/mol. The minimum atomic E-state index is -0.849. The number of ether oxygens (including phenoxy) is 1. The molecule has 0 spiro atoms. The molecule has 0 bridgehead atoms. The lowest BCUT2D eigenvalue weighted by atomic mass is 10.00. The van der Waals surface area contributed by atoms with Crippen molar-refractivity contribution in [3.05, 3.63) is 69.8 Å². The third kappa shape index (κ3) is 4.92. The standard InChI is InChI=1S/C21H25NO3/c1-13-6-8-18(9-7-13)12-22-20(23)17(5)25-21(24)19-15(3)10-14(2)11-16(19)4/h6-11,17H,12H2,1-5H3,(H,22,23). The van der Waals surface area contributed by atoms with Crippen molar-refractivity contribution in [2.75, 3.05) is 0 Å². The van der Waals surface area contributed by atoms with Crippen LogP contribution in [0.4, 0.5) is 0 Å². The first-order valence-corrected chi connectivity index (χ1v) is 8.40. The molecule has 0 saturated heterocycles. The lowest BCUT2D eigenvalue weighted by Crippen LogP contribution is -2.35. The fraction of sp³-hybridized carbons (Fsp3) is 0.333. The van der Waals surface area contributed by atoms with Crippen molar-refractivity contribution in [3.8, 4) is 0 Å². The van der Waals surface area contributed by atoms with Crippen LogP contribution in [0.1, 0.15) is 45.1 Å². The van der Waals surface area contributed by atoms with E-state index in [2.05, 4.69) is 5.32 Å². The third-order valence-corrected chi connectivity index (χ3v) is 4.12. The molecule has 1 atom stereocenters. The number of carbonyl (C=O) groups is 2. The highest BCUT2D eigenvalue weighted by atomic mass is 16.5. The van der Waals surface area contributed by atoms with Crippen LogP contribution in [0, 0.1) is 27.7 Å². The summed E-state index contributed by atoms with van der Waals surface area (Å²) in [5.41, 5.74) is 5.51. The van der Waals surface area contributed by atoms with Gasteiger partial charge >= 0.3 is 5.97 Å². The molecule has 0 heterocycles. The SMILES string of the molecule is Cc1ccc(CNC(=O)C(C)OC(=O)c2c(C)cc(C)cc2C)cc1. The van der Waals surface area contributed by atoms with E-state index in [9.17, 15) is 9.59 Å². The van der Waals surface area contributed by atoms with Crippen LogP contribution in [0.5, 0.6) is 0 Å². The van der Waals surface area contributed by atoms with Crippen molar-refractivity contribution in [3.63, 3.8) is 0 Å². The van der Waals surface area contributed by atoms with Gasteiger partial charge in [-0.05, 0) is 51.3 Å². The predicted octanol–water partition coefficient (Wildman–Crippen LogP) is 3.78. The summed E-state index contributed by atoms with van der Waals surface area (Å²) in [6.45, 7) is 9.73. The van der Waals surface area contributed by atoms with E-state index in [-0.39, 0.29) is 5.91 Å². The highest BCUT2D eigenvalue weighted by molar-refractivity contribution is 5.94. The van der Waals surface area contributed by atoms with E-state index in [1.54, 1.807) is 6.92 Å². The molecule has 1 amide bonds. The predicted molar refractivity (Wildman–Crippen MR) is 98.6 cm³/mol. The molecule has 1 N–H and O–H groups in total. The van der Waals surface area contributed by atoms with E-state index in [0.717, 1.165) is 22.3 Å². The second kappa shape index (κ2) is 7.97. The highest BCUT2D eigenvalue weighted by Gasteiger charge is 2.21. The summed E-state index contributed by atoms with van der Waals surface area (Å²) in [5.74, 6) is -0.774. The second-order valence-corrected chi connectivity index (χ2v) is 6.52. The largest absolute Gasteiger partial charge is 0.449 e. The second-order valence-electron chi connectivity index (χ2n) is 6.52. The third-order valence-electron chi connectivity index (χ3n) is 4.12. The number of rotatable bonds is 5. The van der Waals surface area contributed by atoms with Crippen molar-refractivity contribution in [2.24, 2.45) is 0 Å². The fourth-order valence-electron chi connectivity index (χ4n) is 2.81. The smallest absolute Gasteiger partial charge is 0.339 e. The highest BCUT2D eigenvalue weighted by Crippen LogP contribution is 2.18. The van der Waals surface area contributed by atoms with Gasteiger partial charge in [0.05, 0.1) is 5.56 Å². The maximum absolute atomic E-state index is 12.4. The average Bonchev–Trinajstić information content (AvgIpc) is 2.52. The zero-order valence-corrected chi connectivity index (χ0v) is 15.5. The van der Waals surface area contributed by atoms with Crippen LogP contribution in [0.15, 0.2) is 36.4 Å². The molecular formula is C21H25NO3.